The number of halogens is 6. The van der Waals surface area contributed by atoms with E-state index in [0.29, 0.717) is 0 Å². The zero-order valence-electron chi connectivity index (χ0n) is 9.35. The Morgan fingerprint density at radius 1 is 1.21 bits per heavy atom. The van der Waals surface area contributed by atoms with Crippen molar-refractivity contribution in [3.8, 4) is 0 Å². The van der Waals surface area contributed by atoms with Gasteiger partial charge >= 0.3 is 12.4 Å². The lowest BCUT2D eigenvalue weighted by atomic mass is 9.82. The van der Waals surface area contributed by atoms with Gasteiger partial charge in [0.05, 0.1) is 5.92 Å². The van der Waals surface area contributed by atoms with Gasteiger partial charge in [-0.1, -0.05) is 18.2 Å². The molecule has 9 heteroatoms. The van der Waals surface area contributed by atoms with E-state index in [1.807, 2.05) is 0 Å². The summed E-state index contributed by atoms with van der Waals surface area (Å²) in [4.78, 5) is 10.9. The average molecular weight is 288 g/mol. The second-order valence-electron chi connectivity index (χ2n) is 4.08. The summed E-state index contributed by atoms with van der Waals surface area (Å²) in [6.07, 6.45) is -8.62. The van der Waals surface area contributed by atoms with Crippen LogP contribution < -0.4 is 11.5 Å². The van der Waals surface area contributed by atoms with Gasteiger partial charge in [-0.05, 0) is 12.0 Å². The smallest absolute Gasteiger partial charge is 0.367 e. The Kier molecular flexibility index (Phi) is 3.72. The summed E-state index contributed by atoms with van der Waals surface area (Å²) < 4.78 is 75.8. The third kappa shape index (κ3) is 2.75. The maximum Gasteiger partial charge on any atom is 0.419 e. The number of amides is 1. The van der Waals surface area contributed by atoms with Crippen LogP contribution in [0.4, 0.5) is 26.3 Å². The van der Waals surface area contributed by atoms with E-state index in [-0.39, 0.29) is 6.08 Å². The van der Waals surface area contributed by atoms with Gasteiger partial charge in [-0.15, -0.1) is 0 Å². The van der Waals surface area contributed by atoms with Crippen molar-refractivity contribution in [2.24, 2.45) is 17.4 Å². The predicted octanol–water partition coefficient (Wildman–Crippen LogP) is 1.80. The molecule has 0 bridgehead atoms. The number of nitrogens with two attached hydrogens (primary N) is 2. The summed E-state index contributed by atoms with van der Waals surface area (Å²) in [5.41, 5.74) is 4.88. The molecule has 0 spiro atoms. The second-order valence-corrected chi connectivity index (χ2v) is 4.08. The number of alkyl halides is 6. The molecule has 2 atom stereocenters. The van der Waals surface area contributed by atoms with Crippen LogP contribution in [-0.2, 0) is 4.79 Å². The highest BCUT2D eigenvalue weighted by atomic mass is 19.4. The number of primary amides is 1. The number of carbonyl (C=O) groups is 1. The van der Waals surface area contributed by atoms with Gasteiger partial charge in [-0.25, -0.2) is 0 Å². The van der Waals surface area contributed by atoms with Gasteiger partial charge in [0.15, 0.2) is 0 Å². The van der Waals surface area contributed by atoms with Gasteiger partial charge in [0, 0.05) is 0 Å². The lowest BCUT2D eigenvalue weighted by molar-refractivity contribution is -0.182. The Morgan fingerprint density at radius 2 is 1.74 bits per heavy atom. The second kappa shape index (κ2) is 4.55. The van der Waals surface area contributed by atoms with Crippen molar-refractivity contribution in [3.05, 3.63) is 23.8 Å². The first-order chi connectivity index (χ1) is 8.40. The topological polar surface area (TPSA) is 69.1 Å². The molecule has 0 aliphatic heterocycles. The Balaban J connectivity index is 3.29. The van der Waals surface area contributed by atoms with E-state index in [2.05, 4.69) is 5.73 Å². The molecule has 0 saturated carbocycles. The minimum Gasteiger partial charge on any atom is -0.367 e. The number of allylic oxidation sites excluding steroid dienone is 2. The van der Waals surface area contributed by atoms with Crippen LogP contribution in [0.15, 0.2) is 23.8 Å². The highest BCUT2D eigenvalue weighted by molar-refractivity contribution is 5.90. The predicted molar refractivity (Wildman–Crippen MR) is 53.6 cm³/mol. The first-order valence-corrected chi connectivity index (χ1v) is 5.01. The molecule has 1 aliphatic rings. The van der Waals surface area contributed by atoms with Crippen LogP contribution in [0.25, 0.3) is 0 Å². The molecule has 2 unspecified atom stereocenters. The molecule has 4 N–H and O–H groups in total. The summed E-state index contributed by atoms with van der Waals surface area (Å²) in [5, 5.41) is 0. The van der Waals surface area contributed by atoms with Crippen LogP contribution in [0, 0.1) is 5.92 Å². The van der Waals surface area contributed by atoms with E-state index in [1.165, 1.54) is 0 Å². The summed E-state index contributed by atoms with van der Waals surface area (Å²) in [5.74, 6) is -4.09. The van der Waals surface area contributed by atoms with E-state index in [9.17, 15) is 31.1 Å². The molecule has 108 valence electrons. The van der Waals surface area contributed by atoms with E-state index in [0.717, 1.165) is 12.2 Å². The lowest BCUT2D eigenvalue weighted by Gasteiger charge is -2.32. The molecule has 0 aromatic heterocycles. The molecule has 1 aliphatic carbocycles. The van der Waals surface area contributed by atoms with Crippen molar-refractivity contribution in [1.29, 1.82) is 0 Å². The quantitative estimate of drug-likeness (QED) is 0.761. The normalized spacial score (nSPS) is 23.7. The third-order valence-electron chi connectivity index (χ3n) is 2.78. The van der Waals surface area contributed by atoms with Crippen LogP contribution in [0.5, 0.6) is 0 Å². The Labute approximate surface area is 103 Å². The molecule has 1 rings (SSSR count). The van der Waals surface area contributed by atoms with Gasteiger partial charge in [0.25, 0.3) is 5.91 Å². The zero-order valence-corrected chi connectivity index (χ0v) is 9.35. The highest BCUT2D eigenvalue weighted by Crippen LogP contribution is 2.40. The fraction of sp³-hybridized carbons (Fsp3) is 0.500. The van der Waals surface area contributed by atoms with Crippen LogP contribution in [-0.4, -0.2) is 23.8 Å². The Morgan fingerprint density at radius 3 is 2.11 bits per heavy atom. The van der Waals surface area contributed by atoms with Crippen LogP contribution in [0.1, 0.15) is 6.42 Å². The highest BCUT2D eigenvalue weighted by Gasteiger charge is 2.59. The first kappa shape index (κ1) is 15.5. The molecule has 1 amide bonds. The van der Waals surface area contributed by atoms with E-state index in [1.54, 1.807) is 0 Å². The zero-order chi connectivity index (χ0) is 15.1. The van der Waals surface area contributed by atoms with Gasteiger partial charge in [-0.2, -0.15) is 26.3 Å². The summed E-state index contributed by atoms with van der Waals surface area (Å²) in [6, 6.07) is 0. The van der Waals surface area contributed by atoms with Crippen LogP contribution in [0.2, 0.25) is 0 Å². The van der Waals surface area contributed by atoms with Crippen molar-refractivity contribution >= 4 is 5.91 Å². The molecule has 0 aromatic carbocycles. The molecule has 0 radical (unpaired) electrons. The van der Waals surface area contributed by atoms with E-state index in [4.69, 9.17) is 5.73 Å². The number of rotatable bonds is 2. The molecule has 19 heavy (non-hydrogen) atoms. The molecule has 0 saturated heterocycles. The largest absolute Gasteiger partial charge is 0.419 e. The maximum absolute atomic E-state index is 12.8. The minimum absolute atomic E-state index is 0.290. The van der Waals surface area contributed by atoms with Gasteiger partial charge in [0.2, 0.25) is 5.54 Å². The molecule has 0 heterocycles. The molecular formula is C10H10F6N2O. The Bertz CT molecular complexity index is 436. The first-order valence-electron chi connectivity index (χ1n) is 5.01. The number of carbonyl (C=O) groups excluding carboxylic acids is 1. The number of hydrogen-bond donors (Lipinski definition) is 2. The molecular weight excluding hydrogens is 278 g/mol. The molecule has 0 fully saturated rings. The fourth-order valence-electron chi connectivity index (χ4n) is 1.62. The van der Waals surface area contributed by atoms with Gasteiger partial charge < -0.3 is 11.5 Å². The van der Waals surface area contributed by atoms with E-state index >= 15 is 0 Å². The summed E-state index contributed by atoms with van der Waals surface area (Å²) in [6.45, 7) is 0. The Hall–Kier alpha value is -1.51. The van der Waals surface area contributed by atoms with Gasteiger partial charge in [0.1, 0.15) is 0 Å². The van der Waals surface area contributed by atoms with Crippen molar-refractivity contribution in [2.75, 3.05) is 0 Å². The maximum atomic E-state index is 12.8. The lowest BCUT2D eigenvalue weighted by Crippen LogP contribution is -2.63. The van der Waals surface area contributed by atoms with Crippen molar-refractivity contribution in [1.82, 2.24) is 0 Å². The van der Waals surface area contributed by atoms with Crippen LogP contribution in [0.3, 0.4) is 0 Å². The fourth-order valence-corrected chi connectivity index (χ4v) is 1.62. The number of hydrogen-bond acceptors (Lipinski definition) is 2. The molecule has 3 nitrogen and oxygen atoms in total. The van der Waals surface area contributed by atoms with Crippen molar-refractivity contribution < 1.29 is 31.1 Å². The van der Waals surface area contributed by atoms with Gasteiger partial charge in [-0.3, -0.25) is 4.79 Å². The third-order valence-corrected chi connectivity index (χ3v) is 2.78. The summed E-state index contributed by atoms with van der Waals surface area (Å²) >= 11 is 0. The van der Waals surface area contributed by atoms with Crippen LogP contribution >= 0.6 is 0 Å². The van der Waals surface area contributed by atoms with Crippen molar-refractivity contribution in [3.63, 3.8) is 0 Å². The minimum atomic E-state index is -5.29. The van der Waals surface area contributed by atoms with Crippen molar-refractivity contribution in [2.45, 2.75) is 24.3 Å². The van der Waals surface area contributed by atoms with E-state index < -0.39 is 41.7 Å². The summed E-state index contributed by atoms with van der Waals surface area (Å²) in [7, 11) is 0. The standard InChI is InChI=1S/C10H10F6N2O/c11-9(12,13)6-3-1-2-5(4-6)8(18,7(17)19)10(14,15)16/h1-2,4,6H,3,18H2,(H2,17,19). The SMILES string of the molecule is NC(=O)C(N)(C1=CC(C(F)(F)F)CC=C1)C(F)(F)F. The molecule has 0 aromatic rings. The monoisotopic (exact) mass is 288 g/mol. The average Bonchev–Trinajstić information content (AvgIpc) is 2.25.